The Balaban J connectivity index is 1.75. The van der Waals surface area contributed by atoms with Gasteiger partial charge < -0.3 is 21.4 Å². The van der Waals surface area contributed by atoms with Gasteiger partial charge in [0.2, 0.25) is 0 Å². The monoisotopic (exact) mass is 278 g/mol. The molecule has 4 rings (SSSR count). The van der Waals surface area contributed by atoms with Gasteiger partial charge in [0.05, 0.1) is 28.8 Å². The number of aromatic amines is 2. The third kappa shape index (κ3) is 1.88. The molecule has 0 atom stereocenters. The average Bonchev–Trinajstić information content (AvgIpc) is 3.04. The highest BCUT2D eigenvalue weighted by molar-refractivity contribution is 5.88. The van der Waals surface area contributed by atoms with E-state index in [1.807, 2.05) is 36.4 Å². The van der Waals surface area contributed by atoms with Crippen LogP contribution >= 0.6 is 0 Å². The van der Waals surface area contributed by atoms with Crippen molar-refractivity contribution in [2.24, 2.45) is 0 Å². The van der Waals surface area contributed by atoms with Crippen LogP contribution in [-0.2, 0) is 6.42 Å². The summed E-state index contributed by atoms with van der Waals surface area (Å²) in [6.45, 7) is 0. The number of benzene rings is 2. The van der Waals surface area contributed by atoms with Crippen molar-refractivity contribution in [2.75, 3.05) is 11.5 Å². The second-order valence-corrected chi connectivity index (χ2v) is 5.03. The smallest absolute Gasteiger partial charge is 0.114 e. The number of nitrogens with one attached hydrogen (secondary N) is 2. The number of nitrogens with two attached hydrogens (primary N) is 2. The molecule has 0 spiro atoms. The van der Waals surface area contributed by atoms with E-state index in [-0.39, 0.29) is 0 Å². The van der Waals surface area contributed by atoms with Crippen LogP contribution in [0, 0.1) is 0 Å². The van der Waals surface area contributed by atoms with E-state index in [0.29, 0.717) is 17.8 Å². The Morgan fingerprint density at radius 3 is 1.67 bits per heavy atom. The Labute approximate surface area is 120 Å². The van der Waals surface area contributed by atoms with E-state index < -0.39 is 0 Å². The van der Waals surface area contributed by atoms with Gasteiger partial charge in [-0.05, 0) is 24.3 Å². The Morgan fingerprint density at radius 2 is 1.24 bits per heavy atom. The van der Waals surface area contributed by atoms with Gasteiger partial charge in [0, 0.05) is 0 Å². The van der Waals surface area contributed by atoms with Crippen molar-refractivity contribution in [1.29, 1.82) is 0 Å². The van der Waals surface area contributed by atoms with Gasteiger partial charge in [-0.3, -0.25) is 0 Å². The molecule has 6 N–H and O–H groups in total. The van der Waals surface area contributed by atoms with Gasteiger partial charge >= 0.3 is 0 Å². The molecule has 0 aliphatic rings. The van der Waals surface area contributed by atoms with Gasteiger partial charge in [0.25, 0.3) is 0 Å². The summed E-state index contributed by atoms with van der Waals surface area (Å²) in [6.07, 6.45) is 0.572. The van der Waals surface area contributed by atoms with Crippen molar-refractivity contribution in [3.05, 3.63) is 48.0 Å². The van der Waals surface area contributed by atoms with E-state index in [1.165, 1.54) is 0 Å². The number of hydrogen-bond donors (Lipinski definition) is 4. The number of fused-ring (bicyclic) bond motifs is 2. The first-order valence-electron chi connectivity index (χ1n) is 6.67. The minimum absolute atomic E-state index is 0.572. The van der Waals surface area contributed by atoms with Crippen LogP contribution in [0.2, 0.25) is 0 Å². The molecule has 0 amide bonds. The van der Waals surface area contributed by atoms with E-state index >= 15 is 0 Å². The summed E-state index contributed by atoms with van der Waals surface area (Å²) in [5.41, 5.74) is 16.6. The van der Waals surface area contributed by atoms with E-state index in [9.17, 15) is 0 Å². The summed E-state index contributed by atoms with van der Waals surface area (Å²) in [5.74, 6) is 1.64. The third-order valence-electron chi connectivity index (χ3n) is 3.52. The fourth-order valence-corrected chi connectivity index (χ4v) is 2.54. The lowest BCUT2D eigenvalue weighted by Gasteiger charge is -1.91. The number of nitrogen functional groups attached to an aromatic ring is 2. The van der Waals surface area contributed by atoms with Crippen LogP contribution in [0.15, 0.2) is 36.4 Å². The van der Waals surface area contributed by atoms with Gasteiger partial charge in [-0.15, -0.1) is 0 Å². The fraction of sp³-hybridized carbons (Fsp3) is 0.0667. The summed E-state index contributed by atoms with van der Waals surface area (Å²) in [5, 5.41) is 0. The minimum Gasteiger partial charge on any atom is -0.397 e. The lowest BCUT2D eigenvalue weighted by atomic mass is 10.3. The average molecular weight is 278 g/mol. The van der Waals surface area contributed by atoms with Crippen LogP contribution in [0.3, 0.4) is 0 Å². The lowest BCUT2D eigenvalue weighted by Crippen LogP contribution is -1.93. The number of rotatable bonds is 2. The fourth-order valence-electron chi connectivity index (χ4n) is 2.54. The van der Waals surface area contributed by atoms with Crippen molar-refractivity contribution in [2.45, 2.75) is 6.42 Å². The molecular formula is C15H14N6. The van der Waals surface area contributed by atoms with Crippen LogP contribution in [0.25, 0.3) is 22.1 Å². The molecule has 6 heteroatoms. The highest BCUT2D eigenvalue weighted by atomic mass is 15.0. The third-order valence-corrected chi connectivity index (χ3v) is 3.52. The summed E-state index contributed by atoms with van der Waals surface area (Å²) in [7, 11) is 0. The summed E-state index contributed by atoms with van der Waals surface area (Å²) in [4.78, 5) is 15.6. The quantitative estimate of drug-likeness (QED) is 0.421. The summed E-state index contributed by atoms with van der Waals surface area (Å²) in [6, 6.07) is 11.4. The number of aromatic nitrogens is 4. The molecule has 0 unspecified atom stereocenters. The van der Waals surface area contributed by atoms with Crippen molar-refractivity contribution in [1.82, 2.24) is 19.9 Å². The maximum atomic E-state index is 5.92. The molecule has 4 aromatic rings. The molecule has 0 aliphatic carbocycles. The molecule has 6 nitrogen and oxygen atoms in total. The lowest BCUT2D eigenvalue weighted by molar-refractivity contribution is 0.960. The summed E-state index contributed by atoms with van der Waals surface area (Å²) < 4.78 is 0. The van der Waals surface area contributed by atoms with E-state index in [4.69, 9.17) is 11.5 Å². The molecule has 0 fully saturated rings. The van der Waals surface area contributed by atoms with Crippen molar-refractivity contribution < 1.29 is 0 Å². The van der Waals surface area contributed by atoms with Crippen molar-refractivity contribution >= 4 is 33.4 Å². The minimum atomic E-state index is 0.572. The van der Waals surface area contributed by atoms with Crippen molar-refractivity contribution in [3.8, 4) is 0 Å². The maximum absolute atomic E-state index is 5.92. The number of para-hydroxylation sites is 2. The Hall–Kier alpha value is -3.02. The number of H-pyrrole nitrogens is 2. The van der Waals surface area contributed by atoms with Crippen LogP contribution in [-0.4, -0.2) is 19.9 Å². The zero-order valence-corrected chi connectivity index (χ0v) is 11.2. The van der Waals surface area contributed by atoms with Gasteiger partial charge in [-0.2, -0.15) is 0 Å². The van der Waals surface area contributed by atoms with E-state index in [0.717, 1.165) is 33.7 Å². The molecule has 2 heterocycles. The molecule has 0 radical (unpaired) electrons. The van der Waals surface area contributed by atoms with E-state index in [2.05, 4.69) is 19.9 Å². The van der Waals surface area contributed by atoms with Gasteiger partial charge in [0.15, 0.2) is 0 Å². The highest BCUT2D eigenvalue weighted by Crippen LogP contribution is 2.21. The molecular weight excluding hydrogens is 264 g/mol. The van der Waals surface area contributed by atoms with Crippen LogP contribution in [0.1, 0.15) is 11.6 Å². The second-order valence-electron chi connectivity index (χ2n) is 5.03. The molecule has 0 aliphatic heterocycles. The standard InChI is InChI=1S/C15H14N6/c16-8-3-1-5-10-14(8)20-12(18-10)7-13-19-11-6-2-4-9(17)15(11)21-13/h1-6H,7,16-17H2,(H,18,20)(H,19,21). The maximum Gasteiger partial charge on any atom is 0.114 e. The number of hydrogen-bond acceptors (Lipinski definition) is 4. The SMILES string of the molecule is Nc1cccc2[nH]c(Cc3nc4c(N)cccc4[nH]3)nc12. The van der Waals surface area contributed by atoms with E-state index in [1.54, 1.807) is 0 Å². The second kappa shape index (κ2) is 4.24. The predicted octanol–water partition coefficient (Wildman–Crippen LogP) is 2.19. The molecule has 104 valence electrons. The number of imidazole rings is 2. The van der Waals surface area contributed by atoms with Gasteiger partial charge in [-0.25, -0.2) is 9.97 Å². The number of nitrogens with zero attached hydrogens (tertiary/aromatic N) is 2. The van der Waals surface area contributed by atoms with Gasteiger partial charge in [-0.1, -0.05) is 12.1 Å². The predicted molar refractivity (Wildman–Crippen MR) is 83.8 cm³/mol. The molecule has 2 aromatic heterocycles. The normalized spacial score (nSPS) is 11.4. The largest absolute Gasteiger partial charge is 0.397 e. The first-order valence-corrected chi connectivity index (χ1v) is 6.67. The van der Waals surface area contributed by atoms with Crippen LogP contribution in [0.5, 0.6) is 0 Å². The Bertz CT molecular complexity index is 871. The molecule has 21 heavy (non-hydrogen) atoms. The molecule has 2 aromatic carbocycles. The molecule has 0 saturated heterocycles. The van der Waals surface area contributed by atoms with Crippen molar-refractivity contribution in [3.63, 3.8) is 0 Å². The van der Waals surface area contributed by atoms with Crippen LogP contribution in [0.4, 0.5) is 11.4 Å². The zero-order valence-electron chi connectivity index (χ0n) is 11.2. The number of anilines is 2. The first kappa shape index (κ1) is 11.8. The first-order chi connectivity index (χ1) is 10.2. The van der Waals surface area contributed by atoms with Crippen LogP contribution < -0.4 is 11.5 Å². The topological polar surface area (TPSA) is 109 Å². The zero-order chi connectivity index (χ0) is 14.4. The summed E-state index contributed by atoms with van der Waals surface area (Å²) >= 11 is 0. The highest BCUT2D eigenvalue weighted by Gasteiger charge is 2.10. The van der Waals surface area contributed by atoms with Gasteiger partial charge in [0.1, 0.15) is 22.7 Å². The molecule has 0 bridgehead atoms. The Kier molecular flexibility index (Phi) is 2.38. The Morgan fingerprint density at radius 1 is 0.762 bits per heavy atom. The molecule has 0 saturated carbocycles.